The van der Waals surface area contributed by atoms with Gasteiger partial charge in [-0.05, 0) is 44.8 Å². The van der Waals surface area contributed by atoms with E-state index in [4.69, 9.17) is 4.74 Å². The first-order valence-electron chi connectivity index (χ1n) is 5.93. The lowest BCUT2D eigenvalue weighted by Crippen LogP contribution is -2.17. The minimum absolute atomic E-state index is 0.0573. The molecule has 1 atom stereocenters. The Hall–Kier alpha value is -1.32. The molecule has 1 heterocycles. The second-order valence-electron chi connectivity index (χ2n) is 4.44. The molecule has 1 aliphatic heterocycles. The van der Waals surface area contributed by atoms with E-state index in [2.05, 4.69) is 40.2 Å². The Labute approximate surface area is 114 Å². The molecule has 0 radical (unpaired) electrons. The quantitative estimate of drug-likeness (QED) is 0.921. The summed E-state index contributed by atoms with van der Waals surface area (Å²) in [7, 11) is 0. The van der Waals surface area contributed by atoms with Crippen LogP contribution in [0.2, 0.25) is 0 Å². The Balaban J connectivity index is 2.04. The van der Waals surface area contributed by atoms with Crippen LogP contribution in [-0.4, -0.2) is 17.8 Å². The number of halogens is 1. The molecule has 92 valence electrons. The van der Waals surface area contributed by atoms with Crippen molar-refractivity contribution < 1.29 is 9.84 Å². The summed E-state index contributed by atoms with van der Waals surface area (Å²) in [6.45, 7) is 0.0573. The van der Waals surface area contributed by atoms with Gasteiger partial charge in [0.1, 0.15) is 11.9 Å². The molecule has 1 N–H and O–H groups in total. The Bertz CT molecular complexity index is 566. The van der Waals surface area contributed by atoms with Crippen LogP contribution in [0.5, 0.6) is 5.75 Å². The third-order valence-electron chi connectivity index (χ3n) is 3.16. The third kappa shape index (κ3) is 2.04. The summed E-state index contributed by atoms with van der Waals surface area (Å²) in [6, 6.07) is 14.5. The summed E-state index contributed by atoms with van der Waals surface area (Å²) in [5.41, 5.74) is 3.51. The predicted octanol–water partition coefficient (Wildman–Crippen LogP) is 3.41. The highest BCUT2D eigenvalue weighted by Gasteiger charge is 2.25. The first kappa shape index (κ1) is 11.8. The Morgan fingerprint density at radius 3 is 2.67 bits per heavy atom. The van der Waals surface area contributed by atoms with Gasteiger partial charge < -0.3 is 9.84 Å². The Morgan fingerprint density at radius 2 is 1.94 bits per heavy atom. The van der Waals surface area contributed by atoms with E-state index < -0.39 is 0 Å². The summed E-state index contributed by atoms with van der Waals surface area (Å²) in [4.78, 5) is 0. The fourth-order valence-corrected chi connectivity index (χ4v) is 2.88. The van der Waals surface area contributed by atoms with E-state index in [0.717, 1.165) is 22.2 Å². The van der Waals surface area contributed by atoms with Gasteiger partial charge in [-0.25, -0.2) is 0 Å². The Kier molecular flexibility index (Phi) is 3.10. The molecule has 3 heteroatoms. The Morgan fingerprint density at radius 1 is 1.17 bits per heavy atom. The van der Waals surface area contributed by atoms with Crippen LogP contribution in [0.4, 0.5) is 0 Å². The molecule has 2 aromatic carbocycles. The van der Waals surface area contributed by atoms with Gasteiger partial charge in [-0.1, -0.05) is 30.3 Å². The van der Waals surface area contributed by atoms with E-state index in [9.17, 15) is 5.11 Å². The molecule has 0 saturated heterocycles. The van der Waals surface area contributed by atoms with E-state index in [1.807, 2.05) is 18.2 Å². The largest absolute Gasteiger partial charge is 0.486 e. The van der Waals surface area contributed by atoms with Gasteiger partial charge in [0.25, 0.3) is 0 Å². The summed E-state index contributed by atoms with van der Waals surface area (Å²) < 4.78 is 6.63. The minimum atomic E-state index is -0.109. The number of aliphatic hydroxyl groups is 1. The molecule has 3 rings (SSSR count). The lowest BCUT2D eigenvalue weighted by molar-refractivity contribution is 0.134. The van der Waals surface area contributed by atoms with Crippen LogP contribution in [0.15, 0.2) is 46.9 Å². The summed E-state index contributed by atoms with van der Waals surface area (Å²) in [5.74, 6) is 0.869. The van der Waals surface area contributed by atoms with Crippen LogP contribution < -0.4 is 4.74 Å². The van der Waals surface area contributed by atoms with Crippen LogP contribution >= 0.6 is 15.9 Å². The van der Waals surface area contributed by atoms with Crippen molar-refractivity contribution in [2.45, 2.75) is 12.5 Å². The summed E-state index contributed by atoms with van der Waals surface area (Å²) in [6.07, 6.45) is 0.660. The molecule has 0 amide bonds. The van der Waals surface area contributed by atoms with Crippen LogP contribution in [0.1, 0.15) is 5.56 Å². The fourth-order valence-electron chi connectivity index (χ4n) is 2.29. The molecule has 0 bridgehead atoms. The van der Waals surface area contributed by atoms with Crippen molar-refractivity contribution >= 4 is 15.9 Å². The number of hydrogen-bond acceptors (Lipinski definition) is 2. The smallest absolute Gasteiger partial charge is 0.137 e. The van der Waals surface area contributed by atoms with E-state index >= 15 is 0 Å². The second-order valence-corrected chi connectivity index (χ2v) is 5.29. The van der Waals surface area contributed by atoms with Gasteiger partial charge in [-0.15, -0.1) is 0 Å². The number of ether oxygens (including phenoxy) is 1. The summed E-state index contributed by atoms with van der Waals surface area (Å²) >= 11 is 3.55. The number of hydrogen-bond donors (Lipinski definition) is 1. The highest BCUT2D eigenvalue weighted by molar-refractivity contribution is 9.10. The van der Waals surface area contributed by atoms with Crippen molar-refractivity contribution in [3.8, 4) is 16.9 Å². The highest BCUT2D eigenvalue weighted by atomic mass is 79.9. The minimum Gasteiger partial charge on any atom is -0.486 e. The fraction of sp³-hybridized carbons (Fsp3) is 0.200. The van der Waals surface area contributed by atoms with Gasteiger partial charge in [0.15, 0.2) is 0 Å². The number of fused-ring (bicyclic) bond motifs is 1. The molecule has 0 spiro atoms. The maximum atomic E-state index is 9.18. The molecule has 0 aromatic heterocycles. The standard InChI is InChI=1S/C15H13BrO2/c16-14-8-11(10-4-2-1-3-5-10)6-12-7-13(9-17)18-15(12)14/h1-6,8,13,17H,7,9H2/t13-/m1/s1. The van der Waals surface area contributed by atoms with Gasteiger partial charge in [0.05, 0.1) is 11.1 Å². The first-order chi connectivity index (χ1) is 8.78. The van der Waals surface area contributed by atoms with E-state index in [0.29, 0.717) is 0 Å². The predicted molar refractivity (Wildman–Crippen MR) is 74.8 cm³/mol. The number of rotatable bonds is 2. The van der Waals surface area contributed by atoms with E-state index in [1.165, 1.54) is 11.1 Å². The molecule has 0 unspecified atom stereocenters. The van der Waals surface area contributed by atoms with Crippen LogP contribution in [0, 0.1) is 0 Å². The zero-order chi connectivity index (χ0) is 12.5. The van der Waals surface area contributed by atoms with Crippen molar-refractivity contribution in [2.24, 2.45) is 0 Å². The normalized spacial score (nSPS) is 17.3. The molecule has 0 saturated carbocycles. The third-order valence-corrected chi connectivity index (χ3v) is 3.75. The molecule has 2 aromatic rings. The number of benzene rings is 2. The average Bonchev–Trinajstić information content (AvgIpc) is 2.83. The maximum absolute atomic E-state index is 9.18. The lowest BCUT2D eigenvalue weighted by atomic mass is 10.0. The van der Waals surface area contributed by atoms with Gasteiger partial charge in [-0.3, -0.25) is 0 Å². The van der Waals surface area contributed by atoms with Crippen LogP contribution in [0.25, 0.3) is 11.1 Å². The van der Waals surface area contributed by atoms with Gasteiger partial charge in [0, 0.05) is 6.42 Å². The van der Waals surface area contributed by atoms with Crippen LogP contribution in [0.3, 0.4) is 0 Å². The topological polar surface area (TPSA) is 29.5 Å². The monoisotopic (exact) mass is 304 g/mol. The SMILES string of the molecule is OC[C@H]1Cc2cc(-c3ccccc3)cc(Br)c2O1. The van der Waals surface area contributed by atoms with Crippen molar-refractivity contribution in [1.82, 2.24) is 0 Å². The van der Waals surface area contributed by atoms with Crippen molar-refractivity contribution in [1.29, 1.82) is 0 Å². The molecular formula is C15H13BrO2. The highest BCUT2D eigenvalue weighted by Crippen LogP contribution is 2.39. The van der Waals surface area contributed by atoms with Crippen LogP contribution in [-0.2, 0) is 6.42 Å². The molecule has 1 aliphatic rings. The van der Waals surface area contributed by atoms with Crippen molar-refractivity contribution in [3.63, 3.8) is 0 Å². The zero-order valence-corrected chi connectivity index (χ0v) is 11.4. The maximum Gasteiger partial charge on any atom is 0.137 e. The van der Waals surface area contributed by atoms with E-state index in [-0.39, 0.29) is 12.7 Å². The molecule has 0 aliphatic carbocycles. The lowest BCUT2D eigenvalue weighted by Gasteiger charge is -2.08. The molecule has 2 nitrogen and oxygen atoms in total. The number of aliphatic hydroxyl groups excluding tert-OH is 1. The van der Waals surface area contributed by atoms with Crippen molar-refractivity contribution in [2.75, 3.05) is 6.61 Å². The second kappa shape index (κ2) is 4.75. The van der Waals surface area contributed by atoms with E-state index in [1.54, 1.807) is 0 Å². The molecular weight excluding hydrogens is 292 g/mol. The van der Waals surface area contributed by atoms with Gasteiger partial charge >= 0.3 is 0 Å². The van der Waals surface area contributed by atoms with Crippen molar-refractivity contribution in [3.05, 3.63) is 52.5 Å². The summed E-state index contributed by atoms with van der Waals surface area (Å²) in [5, 5.41) is 9.18. The average molecular weight is 305 g/mol. The van der Waals surface area contributed by atoms with Gasteiger partial charge in [-0.2, -0.15) is 0 Å². The van der Waals surface area contributed by atoms with Gasteiger partial charge in [0.2, 0.25) is 0 Å². The first-order valence-corrected chi connectivity index (χ1v) is 6.72. The zero-order valence-electron chi connectivity index (χ0n) is 9.77. The molecule has 0 fully saturated rings. The molecule has 18 heavy (non-hydrogen) atoms.